The molecular formula is C17H34IN5O. The van der Waals surface area contributed by atoms with E-state index in [9.17, 15) is 4.79 Å². The largest absolute Gasteiger partial charge is 0.356 e. The summed E-state index contributed by atoms with van der Waals surface area (Å²) in [6, 6.07) is 0.411. The molecule has 1 heterocycles. The highest BCUT2D eigenvalue weighted by Crippen LogP contribution is 2.11. The van der Waals surface area contributed by atoms with Crippen molar-refractivity contribution in [2.45, 2.75) is 39.2 Å². The van der Waals surface area contributed by atoms with Crippen molar-refractivity contribution < 1.29 is 4.79 Å². The maximum atomic E-state index is 11.7. The topological polar surface area (TPSA) is 60.0 Å². The molecule has 0 aromatic rings. The van der Waals surface area contributed by atoms with Crippen LogP contribution in [0.5, 0.6) is 0 Å². The molecule has 1 aliphatic rings. The second kappa shape index (κ2) is 12.5. The minimum absolute atomic E-state index is 0. The number of aliphatic imine (C=N–C) groups is 1. The minimum Gasteiger partial charge on any atom is -0.356 e. The third-order valence-corrected chi connectivity index (χ3v) is 3.84. The van der Waals surface area contributed by atoms with E-state index >= 15 is 0 Å². The van der Waals surface area contributed by atoms with E-state index < -0.39 is 0 Å². The summed E-state index contributed by atoms with van der Waals surface area (Å²) in [6.45, 7) is 12.3. The number of hydrogen-bond acceptors (Lipinski definition) is 3. The Kier molecular flexibility index (Phi) is 12.1. The third-order valence-electron chi connectivity index (χ3n) is 3.84. The van der Waals surface area contributed by atoms with E-state index in [1.165, 1.54) is 5.57 Å². The number of carbonyl (C=O) groups is 1. The van der Waals surface area contributed by atoms with Gasteiger partial charge in [-0.05, 0) is 26.2 Å². The number of carbonyl (C=O) groups excluding carboxylic acids is 1. The van der Waals surface area contributed by atoms with Gasteiger partial charge in [-0.2, -0.15) is 0 Å². The maximum absolute atomic E-state index is 11.7. The monoisotopic (exact) mass is 451 g/mol. The second-order valence-electron chi connectivity index (χ2n) is 6.53. The zero-order chi connectivity index (χ0) is 17.2. The number of amides is 1. The normalized spacial score (nSPS) is 16.2. The predicted octanol–water partition coefficient (Wildman–Crippen LogP) is 1.68. The van der Waals surface area contributed by atoms with Crippen LogP contribution in [0.3, 0.4) is 0 Å². The molecule has 7 heteroatoms. The first-order chi connectivity index (χ1) is 10.9. The summed E-state index contributed by atoms with van der Waals surface area (Å²) in [6.07, 6.45) is 3.20. The van der Waals surface area contributed by atoms with Gasteiger partial charge < -0.3 is 15.5 Å². The highest BCUT2D eigenvalue weighted by Gasteiger charge is 2.19. The van der Waals surface area contributed by atoms with E-state index in [2.05, 4.69) is 41.0 Å². The standard InChI is InChI=1S/C17H33N5O.HI/c1-6-9-18-17(19-12-16(23)21(4)5)20-15-7-10-22(11-8-15)13-14(2)3;/h15H,2,6-13H2,1,3-5H3,(H2,18,19,20);1H. The number of nitrogens with zero attached hydrogens (tertiary/aromatic N) is 3. The van der Waals surface area contributed by atoms with Crippen LogP contribution in [0.15, 0.2) is 17.1 Å². The molecule has 2 N–H and O–H groups in total. The number of likely N-dealkylation sites (N-methyl/N-ethyl adjacent to an activating group) is 1. The Morgan fingerprint density at radius 1 is 1.33 bits per heavy atom. The first-order valence-electron chi connectivity index (χ1n) is 8.54. The van der Waals surface area contributed by atoms with Crippen LogP contribution < -0.4 is 10.6 Å². The quantitative estimate of drug-likeness (QED) is 0.268. The SMILES string of the molecule is C=C(C)CN1CCC(NC(=NCC(=O)N(C)C)NCCC)CC1.I. The summed E-state index contributed by atoms with van der Waals surface area (Å²) < 4.78 is 0. The van der Waals surface area contributed by atoms with Crippen LogP contribution in [0.1, 0.15) is 33.1 Å². The number of hydrogen-bond donors (Lipinski definition) is 2. The number of piperidine rings is 1. The lowest BCUT2D eigenvalue weighted by molar-refractivity contribution is -0.127. The molecule has 0 radical (unpaired) electrons. The van der Waals surface area contributed by atoms with Crippen molar-refractivity contribution in [2.24, 2.45) is 4.99 Å². The fraction of sp³-hybridized carbons (Fsp3) is 0.765. The van der Waals surface area contributed by atoms with Gasteiger partial charge in [0.05, 0.1) is 0 Å². The van der Waals surface area contributed by atoms with Crippen LogP contribution in [-0.2, 0) is 4.79 Å². The number of likely N-dealkylation sites (tertiary alicyclic amines) is 1. The Balaban J connectivity index is 0.00000529. The Morgan fingerprint density at radius 2 is 1.96 bits per heavy atom. The van der Waals surface area contributed by atoms with E-state index in [1.807, 2.05) is 0 Å². The molecule has 0 aromatic heterocycles. The van der Waals surface area contributed by atoms with Crippen molar-refractivity contribution in [3.63, 3.8) is 0 Å². The lowest BCUT2D eigenvalue weighted by atomic mass is 10.0. The van der Waals surface area contributed by atoms with Gasteiger partial charge in [0.2, 0.25) is 5.91 Å². The van der Waals surface area contributed by atoms with E-state index in [0.717, 1.165) is 51.4 Å². The molecule has 0 aromatic carbocycles. The van der Waals surface area contributed by atoms with Gasteiger partial charge in [0, 0.05) is 46.3 Å². The summed E-state index contributed by atoms with van der Waals surface area (Å²) in [4.78, 5) is 20.1. The first kappa shape index (κ1) is 23.2. The number of guanidine groups is 1. The van der Waals surface area contributed by atoms with Gasteiger partial charge in [0.25, 0.3) is 0 Å². The van der Waals surface area contributed by atoms with Gasteiger partial charge in [0.1, 0.15) is 6.54 Å². The summed E-state index contributed by atoms with van der Waals surface area (Å²) in [5.74, 6) is 0.763. The fourth-order valence-electron chi connectivity index (χ4n) is 2.49. The molecule has 0 unspecified atom stereocenters. The predicted molar refractivity (Wildman–Crippen MR) is 112 cm³/mol. The van der Waals surface area contributed by atoms with E-state index in [1.54, 1.807) is 19.0 Å². The van der Waals surface area contributed by atoms with Gasteiger partial charge in [-0.1, -0.05) is 19.1 Å². The Labute approximate surface area is 164 Å². The van der Waals surface area contributed by atoms with Gasteiger partial charge >= 0.3 is 0 Å². The highest BCUT2D eigenvalue weighted by atomic mass is 127. The molecule has 0 aliphatic carbocycles. The maximum Gasteiger partial charge on any atom is 0.243 e. The van der Waals surface area contributed by atoms with Gasteiger partial charge in [0.15, 0.2) is 5.96 Å². The molecule has 1 rings (SSSR count). The van der Waals surface area contributed by atoms with Gasteiger partial charge in [-0.25, -0.2) is 4.99 Å². The molecule has 0 bridgehead atoms. The average molecular weight is 451 g/mol. The van der Waals surface area contributed by atoms with Crippen LogP contribution in [0.25, 0.3) is 0 Å². The van der Waals surface area contributed by atoms with Gasteiger partial charge in [-0.15, -0.1) is 24.0 Å². The Hall–Kier alpha value is -0.830. The number of halogens is 1. The lowest BCUT2D eigenvalue weighted by Crippen LogP contribution is -2.49. The molecule has 1 fully saturated rings. The molecule has 1 amide bonds. The molecular weight excluding hydrogens is 417 g/mol. The third kappa shape index (κ3) is 9.46. The zero-order valence-electron chi connectivity index (χ0n) is 15.6. The minimum atomic E-state index is 0. The first-order valence-corrected chi connectivity index (χ1v) is 8.54. The smallest absolute Gasteiger partial charge is 0.243 e. The summed E-state index contributed by atoms with van der Waals surface area (Å²) in [7, 11) is 3.50. The van der Waals surface area contributed by atoms with Crippen molar-refractivity contribution in [2.75, 3.05) is 46.8 Å². The molecule has 0 spiro atoms. The number of rotatable bonds is 7. The summed E-state index contributed by atoms with van der Waals surface area (Å²) in [5, 5.41) is 6.77. The average Bonchev–Trinajstić information content (AvgIpc) is 2.50. The molecule has 1 aliphatic heterocycles. The number of nitrogens with one attached hydrogen (secondary N) is 2. The van der Waals surface area contributed by atoms with Crippen molar-refractivity contribution in [1.82, 2.24) is 20.4 Å². The molecule has 24 heavy (non-hydrogen) atoms. The zero-order valence-corrected chi connectivity index (χ0v) is 17.9. The van der Waals surface area contributed by atoms with Crippen LogP contribution in [0.4, 0.5) is 0 Å². The van der Waals surface area contributed by atoms with Crippen LogP contribution in [0, 0.1) is 0 Å². The lowest BCUT2D eigenvalue weighted by Gasteiger charge is -2.33. The second-order valence-corrected chi connectivity index (χ2v) is 6.53. The summed E-state index contributed by atoms with van der Waals surface area (Å²) >= 11 is 0. The van der Waals surface area contributed by atoms with Crippen molar-refractivity contribution in [3.8, 4) is 0 Å². The molecule has 1 saturated heterocycles. The van der Waals surface area contributed by atoms with Crippen LogP contribution >= 0.6 is 24.0 Å². The van der Waals surface area contributed by atoms with E-state index in [-0.39, 0.29) is 36.4 Å². The van der Waals surface area contributed by atoms with E-state index in [4.69, 9.17) is 0 Å². The summed E-state index contributed by atoms with van der Waals surface area (Å²) in [5.41, 5.74) is 1.21. The fourth-order valence-corrected chi connectivity index (χ4v) is 2.49. The van der Waals surface area contributed by atoms with Crippen molar-refractivity contribution in [1.29, 1.82) is 0 Å². The Morgan fingerprint density at radius 3 is 2.46 bits per heavy atom. The highest BCUT2D eigenvalue weighted by molar-refractivity contribution is 14.0. The van der Waals surface area contributed by atoms with Crippen LogP contribution in [0.2, 0.25) is 0 Å². The van der Waals surface area contributed by atoms with Crippen molar-refractivity contribution in [3.05, 3.63) is 12.2 Å². The molecule has 0 saturated carbocycles. The van der Waals surface area contributed by atoms with Gasteiger partial charge in [-0.3, -0.25) is 9.69 Å². The molecule has 0 atom stereocenters. The van der Waals surface area contributed by atoms with Crippen molar-refractivity contribution >= 4 is 35.8 Å². The molecule has 6 nitrogen and oxygen atoms in total. The van der Waals surface area contributed by atoms with Crippen LogP contribution in [-0.4, -0.2) is 74.5 Å². The molecule has 140 valence electrons. The van der Waals surface area contributed by atoms with E-state index in [0.29, 0.717) is 6.04 Å². The Bertz CT molecular complexity index is 417.